The molecule has 1 saturated carbocycles. The molecule has 176 valence electrons. The van der Waals surface area contributed by atoms with Crippen LogP contribution >= 0.6 is 0 Å². The Morgan fingerprint density at radius 2 is 1.81 bits per heavy atom. The molecule has 1 aliphatic carbocycles. The zero-order valence-corrected chi connectivity index (χ0v) is 17.8. The molecule has 8 atom stereocenters. The highest BCUT2D eigenvalue weighted by Crippen LogP contribution is 2.63. The van der Waals surface area contributed by atoms with Gasteiger partial charge in [0.1, 0.15) is 22.7 Å². The molecule has 1 aromatic carbocycles. The van der Waals surface area contributed by atoms with Gasteiger partial charge in [-0.05, 0) is 31.4 Å². The normalized spacial score (nSPS) is 37.8. The standard InChI is InChI=1S/C22H30O7.2CH4/c1-11-9-16-12(2)20(28-21(26-6)22(16)18(11)13(3)29-22)27-19(23)15-8-7-14(24-4)10-17(15)25-5;;/h7-8,10-13,16,18,20-21H,9H2,1-6H3;2*1H4/t11?,12-,13?,16+,18?,20-,21+,22+;;/m1../s1. The molecule has 3 aliphatic rings. The van der Waals surface area contributed by atoms with Gasteiger partial charge in [-0.15, -0.1) is 0 Å². The van der Waals surface area contributed by atoms with E-state index in [2.05, 4.69) is 20.8 Å². The zero-order valence-electron chi connectivity index (χ0n) is 17.8. The predicted molar refractivity (Wildman–Crippen MR) is 117 cm³/mol. The molecule has 7 heteroatoms. The number of benzene rings is 1. The predicted octanol–water partition coefficient (Wildman–Crippen LogP) is 4.53. The number of methoxy groups -OCH3 is 3. The van der Waals surface area contributed by atoms with Crippen LogP contribution in [0.4, 0.5) is 0 Å². The third kappa shape index (κ3) is 3.70. The molecular formula is C24H38O7. The van der Waals surface area contributed by atoms with Crippen molar-refractivity contribution < 1.29 is 33.2 Å². The van der Waals surface area contributed by atoms with Crippen molar-refractivity contribution in [3.05, 3.63) is 23.8 Å². The summed E-state index contributed by atoms with van der Waals surface area (Å²) < 4.78 is 34.4. The largest absolute Gasteiger partial charge is 0.497 e. The molecular weight excluding hydrogens is 400 g/mol. The minimum atomic E-state index is -0.722. The lowest BCUT2D eigenvalue weighted by molar-refractivity contribution is -0.412. The second-order valence-corrected chi connectivity index (χ2v) is 8.42. The summed E-state index contributed by atoms with van der Waals surface area (Å²) in [5.41, 5.74) is -0.127. The molecule has 7 nitrogen and oxygen atoms in total. The lowest BCUT2D eigenvalue weighted by Crippen LogP contribution is -2.71. The summed E-state index contributed by atoms with van der Waals surface area (Å²) in [6.07, 6.45) is -0.101. The fraction of sp³-hybridized carbons (Fsp3) is 0.708. The van der Waals surface area contributed by atoms with Crippen LogP contribution in [0.5, 0.6) is 11.5 Å². The van der Waals surface area contributed by atoms with Gasteiger partial charge in [-0.1, -0.05) is 28.7 Å². The SMILES string of the molecule is C.C.COc1ccc(C(=O)O[C@@H]2O[C@H](OC)[C@@]34OC(C)C3C(C)C[C@H]4[C@H]2C)c(OC)c1. The molecule has 3 fully saturated rings. The maximum atomic E-state index is 12.9. The van der Waals surface area contributed by atoms with E-state index in [1.807, 2.05) is 0 Å². The van der Waals surface area contributed by atoms with Crippen molar-refractivity contribution >= 4 is 5.97 Å². The summed E-state index contributed by atoms with van der Waals surface area (Å²) in [7, 11) is 4.68. The van der Waals surface area contributed by atoms with Crippen LogP contribution in [0, 0.1) is 23.7 Å². The summed E-state index contributed by atoms with van der Waals surface area (Å²) in [6.45, 7) is 6.42. The van der Waals surface area contributed by atoms with Gasteiger partial charge >= 0.3 is 5.97 Å². The molecule has 2 aliphatic heterocycles. The number of carbonyl (C=O) groups excluding carboxylic acids is 1. The molecule has 0 bridgehead atoms. The Kier molecular flexibility index (Phi) is 7.67. The Morgan fingerprint density at radius 3 is 2.39 bits per heavy atom. The summed E-state index contributed by atoms with van der Waals surface area (Å²) in [4.78, 5) is 12.9. The van der Waals surface area contributed by atoms with Crippen LogP contribution in [0.25, 0.3) is 0 Å². The molecule has 1 spiro atoms. The topological polar surface area (TPSA) is 72.5 Å². The fourth-order valence-corrected chi connectivity index (χ4v) is 5.81. The van der Waals surface area contributed by atoms with Gasteiger partial charge in [0.2, 0.25) is 6.29 Å². The van der Waals surface area contributed by atoms with Gasteiger partial charge in [-0.25, -0.2) is 4.79 Å². The summed E-state index contributed by atoms with van der Waals surface area (Å²) in [5.74, 6) is 1.56. The van der Waals surface area contributed by atoms with Crippen LogP contribution in [0.3, 0.4) is 0 Å². The van der Waals surface area contributed by atoms with E-state index < -0.39 is 24.2 Å². The fourth-order valence-electron chi connectivity index (χ4n) is 5.81. The summed E-state index contributed by atoms with van der Waals surface area (Å²) >= 11 is 0. The van der Waals surface area contributed by atoms with Crippen LogP contribution < -0.4 is 9.47 Å². The number of hydrogen-bond donors (Lipinski definition) is 0. The molecule has 1 aromatic rings. The molecule has 0 radical (unpaired) electrons. The van der Waals surface area contributed by atoms with Gasteiger partial charge in [0.25, 0.3) is 0 Å². The molecule has 2 saturated heterocycles. The molecule has 3 unspecified atom stereocenters. The first-order chi connectivity index (χ1) is 13.9. The number of rotatable bonds is 5. The maximum Gasteiger partial charge on any atom is 0.344 e. The lowest BCUT2D eigenvalue weighted by atomic mass is 9.68. The van der Waals surface area contributed by atoms with Crippen molar-refractivity contribution in [2.24, 2.45) is 23.7 Å². The second kappa shape index (κ2) is 9.35. The third-order valence-corrected chi connectivity index (χ3v) is 6.99. The van der Waals surface area contributed by atoms with Crippen LogP contribution in [0.1, 0.15) is 52.4 Å². The van der Waals surface area contributed by atoms with Gasteiger partial charge in [0, 0.05) is 30.9 Å². The minimum absolute atomic E-state index is 0. The Labute approximate surface area is 186 Å². The van der Waals surface area contributed by atoms with Gasteiger partial charge in [-0.2, -0.15) is 0 Å². The number of hydrogen-bond acceptors (Lipinski definition) is 7. The van der Waals surface area contributed by atoms with Crippen LogP contribution in [-0.4, -0.2) is 51.6 Å². The van der Waals surface area contributed by atoms with E-state index in [0.29, 0.717) is 28.9 Å². The average molecular weight is 439 g/mol. The zero-order chi connectivity index (χ0) is 20.9. The average Bonchev–Trinajstić information content (AvgIpc) is 2.96. The van der Waals surface area contributed by atoms with Crippen molar-refractivity contribution in [1.29, 1.82) is 0 Å². The van der Waals surface area contributed by atoms with E-state index >= 15 is 0 Å². The van der Waals surface area contributed by atoms with Gasteiger partial charge < -0.3 is 28.4 Å². The van der Waals surface area contributed by atoms with Crippen molar-refractivity contribution in [3.8, 4) is 11.5 Å². The van der Waals surface area contributed by atoms with Crippen LogP contribution in [-0.2, 0) is 18.9 Å². The Balaban J connectivity index is 0.00000171. The highest BCUT2D eigenvalue weighted by atomic mass is 16.8. The maximum absolute atomic E-state index is 12.9. The quantitative estimate of drug-likeness (QED) is 0.626. The summed E-state index contributed by atoms with van der Waals surface area (Å²) in [5, 5.41) is 0. The van der Waals surface area contributed by atoms with Crippen molar-refractivity contribution in [2.45, 2.75) is 66.3 Å². The molecule has 0 amide bonds. The van der Waals surface area contributed by atoms with Crippen LogP contribution in [0.2, 0.25) is 0 Å². The molecule has 2 heterocycles. The Morgan fingerprint density at radius 1 is 1.10 bits per heavy atom. The highest BCUT2D eigenvalue weighted by Gasteiger charge is 2.72. The van der Waals surface area contributed by atoms with E-state index in [1.54, 1.807) is 32.4 Å². The van der Waals surface area contributed by atoms with Gasteiger partial charge in [0.05, 0.1) is 20.3 Å². The van der Waals surface area contributed by atoms with E-state index in [-0.39, 0.29) is 32.8 Å². The molecule has 31 heavy (non-hydrogen) atoms. The lowest BCUT2D eigenvalue weighted by Gasteiger charge is -2.60. The first-order valence-electron chi connectivity index (χ1n) is 10.2. The Hall–Kier alpha value is -1.83. The van der Waals surface area contributed by atoms with E-state index in [4.69, 9.17) is 28.4 Å². The third-order valence-electron chi connectivity index (χ3n) is 6.99. The monoisotopic (exact) mass is 438 g/mol. The van der Waals surface area contributed by atoms with E-state index in [9.17, 15) is 4.79 Å². The second-order valence-electron chi connectivity index (χ2n) is 8.42. The molecule has 0 N–H and O–H groups in total. The first kappa shape index (κ1) is 25.4. The van der Waals surface area contributed by atoms with Gasteiger partial charge in [0.15, 0.2) is 6.29 Å². The minimum Gasteiger partial charge on any atom is -0.497 e. The molecule has 0 aromatic heterocycles. The van der Waals surface area contributed by atoms with Crippen molar-refractivity contribution in [3.63, 3.8) is 0 Å². The number of carbonyl (C=O) groups is 1. The van der Waals surface area contributed by atoms with Crippen molar-refractivity contribution in [1.82, 2.24) is 0 Å². The number of esters is 1. The summed E-state index contributed by atoms with van der Waals surface area (Å²) in [6, 6.07) is 4.98. The van der Waals surface area contributed by atoms with Crippen molar-refractivity contribution in [2.75, 3.05) is 21.3 Å². The number of ether oxygens (including phenoxy) is 6. The van der Waals surface area contributed by atoms with Crippen LogP contribution in [0.15, 0.2) is 18.2 Å². The van der Waals surface area contributed by atoms with E-state index in [0.717, 1.165) is 6.42 Å². The van der Waals surface area contributed by atoms with Gasteiger partial charge in [-0.3, -0.25) is 0 Å². The molecule has 4 rings (SSSR count). The van der Waals surface area contributed by atoms with E-state index in [1.165, 1.54) is 7.11 Å². The Bertz CT molecular complexity index is 781. The first-order valence-corrected chi connectivity index (χ1v) is 10.2. The highest BCUT2D eigenvalue weighted by molar-refractivity contribution is 5.92. The smallest absolute Gasteiger partial charge is 0.344 e.